The van der Waals surface area contributed by atoms with Gasteiger partial charge in [-0.05, 0) is 31.7 Å². The second-order valence-corrected chi connectivity index (χ2v) is 6.83. The zero-order chi connectivity index (χ0) is 19.1. The third-order valence-corrected chi connectivity index (χ3v) is 4.36. The van der Waals surface area contributed by atoms with Crippen LogP contribution < -0.4 is 10.6 Å². The zero-order valence-corrected chi connectivity index (χ0v) is 16.1. The van der Waals surface area contributed by atoms with Gasteiger partial charge in [0.1, 0.15) is 0 Å². The Morgan fingerprint density at radius 3 is 2.15 bits per heavy atom. The molecule has 7 heteroatoms. The number of para-hydroxylation sites is 1. The number of benzene rings is 2. The summed E-state index contributed by atoms with van der Waals surface area (Å²) in [7, 11) is 1.69. The van der Waals surface area contributed by atoms with E-state index in [1.54, 1.807) is 30.1 Å². The van der Waals surface area contributed by atoms with Crippen LogP contribution in [0.2, 0.25) is 10.0 Å². The lowest BCUT2D eigenvalue weighted by atomic mass is 10.1. The first-order valence-electron chi connectivity index (χ1n) is 8.13. The Hall–Kier alpha value is -2.08. The molecule has 2 N–H and O–H groups in total. The van der Waals surface area contributed by atoms with E-state index in [1.165, 1.54) is 0 Å². The summed E-state index contributed by atoms with van der Waals surface area (Å²) in [5, 5.41) is 6.31. The molecule has 26 heavy (non-hydrogen) atoms. The van der Waals surface area contributed by atoms with Crippen molar-refractivity contribution in [2.75, 3.05) is 25.5 Å². The lowest BCUT2D eigenvalue weighted by Gasteiger charge is -2.19. The predicted octanol–water partition coefficient (Wildman–Crippen LogP) is 3.74. The van der Waals surface area contributed by atoms with Crippen molar-refractivity contribution in [2.45, 2.75) is 13.0 Å². The molecule has 2 aromatic carbocycles. The standard InChI is InChI=1S/C19H21Cl2N3O2/c1-13(14-7-4-3-5-8-14)22-17(25)11-24(2)12-18(26)23-19-15(20)9-6-10-16(19)21/h3-10,13H,11-12H2,1-2H3,(H,22,25)(H,23,26). The van der Waals surface area contributed by atoms with Crippen molar-refractivity contribution in [3.05, 3.63) is 64.1 Å². The summed E-state index contributed by atoms with van der Waals surface area (Å²) in [6, 6.07) is 14.6. The summed E-state index contributed by atoms with van der Waals surface area (Å²) in [5.74, 6) is -0.459. The van der Waals surface area contributed by atoms with Gasteiger partial charge in [0, 0.05) is 0 Å². The third-order valence-electron chi connectivity index (χ3n) is 3.73. The quantitative estimate of drug-likeness (QED) is 0.752. The summed E-state index contributed by atoms with van der Waals surface area (Å²) >= 11 is 12.1. The summed E-state index contributed by atoms with van der Waals surface area (Å²) in [6.07, 6.45) is 0. The molecule has 1 atom stereocenters. The molecule has 0 aliphatic heterocycles. The number of nitrogens with zero attached hydrogens (tertiary/aromatic N) is 1. The zero-order valence-electron chi connectivity index (χ0n) is 14.6. The van der Waals surface area contributed by atoms with E-state index in [0.29, 0.717) is 15.7 Å². The van der Waals surface area contributed by atoms with Gasteiger partial charge in [0.05, 0.1) is 34.9 Å². The number of carbonyl (C=O) groups is 2. The molecule has 2 aromatic rings. The number of likely N-dealkylation sites (N-methyl/N-ethyl adjacent to an activating group) is 1. The van der Waals surface area contributed by atoms with Crippen molar-refractivity contribution in [2.24, 2.45) is 0 Å². The van der Waals surface area contributed by atoms with Gasteiger partial charge >= 0.3 is 0 Å². The van der Waals surface area contributed by atoms with Crippen molar-refractivity contribution >= 4 is 40.7 Å². The lowest BCUT2D eigenvalue weighted by Crippen LogP contribution is -2.39. The molecule has 0 spiro atoms. The topological polar surface area (TPSA) is 61.4 Å². The van der Waals surface area contributed by atoms with Gasteiger partial charge in [0.15, 0.2) is 0 Å². The number of hydrogen-bond acceptors (Lipinski definition) is 3. The summed E-state index contributed by atoms with van der Waals surface area (Å²) < 4.78 is 0. The van der Waals surface area contributed by atoms with E-state index >= 15 is 0 Å². The minimum atomic E-state index is -0.300. The third kappa shape index (κ3) is 6.02. The van der Waals surface area contributed by atoms with E-state index in [2.05, 4.69) is 10.6 Å². The fourth-order valence-corrected chi connectivity index (χ4v) is 2.95. The Kier molecular flexibility index (Phi) is 7.45. The van der Waals surface area contributed by atoms with E-state index in [9.17, 15) is 9.59 Å². The molecule has 5 nitrogen and oxygen atoms in total. The Labute approximate surface area is 163 Å². The van der Waals surface area contributed by atoms with Gasteiger partial charge in [0.25, 0.3) is 0 Å². The van der Waals surface area contributed by atoms with E-state index in [-0.39, 0.29) is 30.9 Å². The second-order valence-electron chi connectivity index (χ2n) is 6.02. The summed E-state index contributed by atoms with van der Waals surface area (Å²) in [6.45, 7) is 2.05. The van der Waals surface area contributed by atoms with Crippen LogP contribution in [0.3, 0.4) is 0 Å². The fourth-order valence-electron chi connectivity index (χ4n) is 2.45. The van der Waals surface area contributed by atoms with Gasteiger partial charge in [-0.15, -0.1) is 0 Å². The van der Waals surface area contributed by atoms with Gasteiger partial charge in [-0.2, -0.15) is 0 Å². The monoisotopic (exact) mass is 393 g/mol. The van der Waals surface area contributed by atoms with Crippen molar-refractivity contribution in [1.82, 2.24) is 10.2 Å². The number of amides is 2. The molecule has 0 aliphatic carbocycles. The van der Waals surface area contributed by atoms with Crippen molar-refractivity contribution < 1.29 is 9.59 Å². The maximum Gasteiger partial charge on any atom is 0.238 e. The van der Waals surface area contributed by atoms with Gasteiger partial charge in [0.2, 0.25) is 11.8 Å². The lowest BCUT2D eigenvalue weighted by molar-refractivity contribution is -0.123. The molecule has 0 aromatic heterocycles. The van der Waals surface area contributed by atoms with Crippen LogP contribution in [0.25, 0.3) is 0 Å². The van der Waals surface area contributed by atoms with Crippen molar-refractivity contribution in [3.63, 3.8) is 0 Å². The first-order chi connectivity index (χ1) is 12.4. The Bertz CT molecular complexity index is 748. The second kappa shape index (κ2) is 9.57. The molecule has 0 aliphatic rings. The molecule has 0 saturated carbocycles. The number of anilines is 1. The minimum Gasteiger partial charge on any atom is -0.348 e. The largest absolute Gasteiger partial charge is 0.348 e. The molecule has 0 bridgehead atoms. The molecule has 1 unspecified atom stereocenters. The first-order valence-corrected chi connectivity index (χ1v) is 8.89. The fraction of sp³-hybridized carbons (Fsp3) is 0.263. The maximum absolute atomic E-state index is 12.2. The molecule has 138 valence electrons. The maximum atomic E-state index is 12.2. The average Bonchev–Trinajstić information content (AvgIpc) is 2.58. The van der Waals surface area contributed by atoms with Crippen LogP contribution in [0.1, 0.15) is 18.5 Å². The molecule has 0 radical (unpaired) electrons. The van der Waals surface area contributed by atoms with Crippen LogP contribution in [0, 0.1) is 0 Å². The Morgan fingerprint density at radius 2 is 1.54 bits per heavy atom. The van der Waals surface area contributed by atoms with E-state index in [4.69, 9.17) is 23.2 Å². The van der Waals surface area contributed by atoms with Crippen LogP contribution in [0.4, 0.5) is 5.69 Å². The summed E-state index contributed by atoms with van der Waals surface area (Å²) in [5.41, 5.74) is 1.39. The minimum absolute atomic E-state index is 0.0364. The van der Waals surface area contributed by atoms with Crippen molar-refractivity contribution in [3.8, 4) is 0 Å². The highest BCUT2D eigenvalue weighted by Crippen LogP contribution is 2.29. The highest BCUT2D eigenvalue weighted by Gasteiger charge is 2.15. The highest BCUT2D eigenvalue weighted by atomic mass is 35.5. The van der Waals surface area contributed by atoms with Crippen molar-refractivity contribution in [1.29, 1.82) is 0 Å². The molecule has 2 rings (SSSR count). The number of hydrogen-bond donors (Lipinski definition) is 2. The number of halogens is 2. The van der Waals surface area contributed by atoms with Crippen LogP contribution in [-0.2, 0) is 9.59 Å². The van der Waals surface area contributed by atoms with Gasteiger partial charge in [-0.25, -0.2) is 0 Å². The first kappa shape index (κ1) is 20.2. The van der Waals surface area contributed by atoms with Crippen LogP contribution >= 0.6 is 23.2 Å². The van der Waals surface area contributed by atoms with E-state index in [0.717, 1.165) is 5.56 Å². The average molecular weight is 394 g/mol. The molecule has 0 heterocycles. The van der Waals surface area contributed by atoms with E-state index in [1.807, 2.05) is 37.3 Å². The molecule has 2 amide bonds. The predicted molar refractivity (Wildman–Crippen MR) is 106 cm³/mol. The van der Waals surface area contributed by atoms with Crippen LogP contribution in [0.5, 0.6) is 0 Å². The molecule has 0 fully saturated rings. The number of carbonyl (C=O) groups excluding carboxylic acids is 2. The normalized spacial score (nSPS) is 11.9. The summed E-state index contributed by atoms with van der Waals surface area (Å²) in [4.78, 5) is 25.9. The Morgan fingerprint density at radius 1 is 0.962 bits per heavy atom. The Balaban J connectivity index is 1.83. The number of rotatable bonds is 7. The molecule has 0 saturated heterocycles. The van der Waals surface area contributed by atoms with E-state index < -0.39 is 0 Å². The van der Waals surface area contributed by atoms with Gasteiger partial charge in [-0.1, -0.05) is 59.6 Å². The van der Waals surface area contributed by atoms with Crippen LogP contribution in [0.15, 0.2) is 48.5 Å². The smallest absolute Gasteiger partial charge is 0.238 e. The van der Waals surface area contributed by atoms with Gasteiger partial charge in [-0.3, -0.25) is 14.5 Å². The molecular weight excluding hydrogens is 373 g/mol. The number of nitrogens with one attached hydrogen (secondary N) is 2. The highest BCUT2D eigenvalue weighted by molar-refractivity contribution is 6.39. The van der Waals surface area contributed by atoms with Crippen LogP contribution in [-0.4, -0.2) is 36.9 Å². The van der Waals surface area contributed by atoms with Gasteiger partial charge < -0.3 is 10.6 Å². The SMILES string of the molecule is CC(NC(=O)CN(C)CC(=O)Nc1c(Cl)cccc1Cl)c1ccccc1. The molecular formula is C19H21Cl2N3O2.